The minimum atomic E-state index is -0.567. The lowest BCUT2D eigenvalue weighted by molar-refractivity contribution is 0.0934. The van der Waals surface area contributed by atoms with Gasteiger partial charge in [0, 0.05) is 24.7 Å². The van der Waals surface area contributed by atoms with Crippen molar-refractivity contribution in [1.29, 1.82) is 0 Å². The van der Waals surface area contributed by atoms with Crippen molar-refractivity contribution in [3.63, 3.8) is 0 Å². The van der Waals surface area contributed by atoms with E-state index in [2.05, 4.69) is 41.5 Å². The van der Waals surface area contributed by atoms with Crippen LogP contribution in [0.5, 0.6) is 0 Å². The van der Waals surface area contributed by atoms with Crippen molar-refractivity contribution in [1.82, 2.24) is 15.5 Å². The predicted molar refractivity (Wildman–Crippen MR) is 112 cm³/mol. The Labute approximate surface area is 167 Å². The second kappa shape index (κ2) is 11.1. The Morgan fingerprint density at radius 2 is 1.57 bits per heavy atom. The first-order valence-corrected chi connectivity index (χ1v) is 9.71. The number of hydrogen-bond acceptors (Lipinski definition) is 3. The van der Waals surface area contributed by atoms with Crippen molar-refractivity contribution in [3.05, 3.63) is 71.3 Å². The number of nitrogens with two attached hydrogens (primary N) is 1. The van der Waals surface area contributed by atoms with E-state index in [4.69, 9.17) is 5.73 Å². The van der Waals surface area contributed by atoms with Crippen LogP contribution in [0.15, 0.2) is 54.6 Å². The van der Waals surface area contributed by atoms with Crippen molar-refractivity contribution < 1.29 is 9.59 Å². The molecule has 150 valence electrons. The topological polar surface area (TPSA) is 87.5 Å². The Morgan fingerprint density at radius 1 is 0.929 bits per heavy atom. The molecular weight excluding hydrogens is 352 g/mol. The molecule has 0 radical (unpaired) electrons. The predicted octanol–water partition coefficient (Wildman–Crippen LogP) is 2.54. The van der Waals surface area contributed by atoms with Gasteiger partial charge in [-0.1, -0.05) is 56.3 Å². The second-order valence-corrected chi connectivity index (χ2v) is 6.69. The summed E-state index contributed by atoms with van der Waals surface area (Å²) in [6.07, 6.45) is 0.889. The van der Waals surface area contributed by atoms with E-state index >= 15 is 0 Å². The van der Waals surface area contributed by atoms with Crippen molar-refractivity contribution in [3.8, 4) is 0 Å². The number of hydrogen-bond donors (Lipinski definition) is 3. The van der Waals surface area contributed by atoms with E-state index < -0.39 is 6.03 Å². The van der Waals surface area contributed by atoms with Gasteiger partial charge in [0.05, 0.1) is 0 Å². The number of nitrogens with one attached hydrogen (secondary N) is 2. The fourth-order valence-electron chi connectivity index (χ4n) is 3.23. The summed E-state index contributed by atoms with van der Waals surface area (Å²) in [4.78, 5) is 25.7. The molecule has 0 unspecified atom stereocenters. The zero-order chi connectivity index (χ0) is 20.4. The molecule has 6 nitrogen and oxygen atoms in total. The Balaban J connectivity index is 1.97. The monoisotopic (exact) mass is 382 g/mol. The van der Waals surface area contributed by atoms with Crippen LogP contribution in [0.1, 0.15) is 35.3 Å². The van der Waals surface area contributed by atoms with E-state index in [-0.39, 0.29) is 11.9 Å². The molecule has 2 aromatic carbocycles. The summed E-state index contributed by atoms with van der Waals surface area (Å²) in [6.45, 7) is 7.08. The number of amides is 3. The Morgan fingerprint density at radius 3 is 2.14 bits per heavy atom. The van der Waals surface area contributed by atoms with Crippen molar-refractivity contribution in [2.45, 2.75) is 32.9 Å². The van der Waals surface area contributed by atoms with Gasteiger partial charge in [-0.15, -0.1) is 0 Å². The highest BCUT2D eigenvalue weighted by Crippen LogP contribution is 2.10. The molecule has 0 saturated carbocycles. The normalized spacial score (nSPS) is 11.8. The zero-order valence-corrected chi connectivity index (χ0v) is 16.7. The van der Waals surface area contributed by atoms with Crippen LogP contribution in [0, 0.1) is 0 Å². The molecule has 0 aliphatic rings. The van der Waals surface area contributed by atoms with Crippen molar-refractivity contribution >= 4 is 11.9 Å². The van der Waals surface area contributed by atoms with Crippen LogP contribution < -0.4 is 16.4 Å². The largest absolute Gasteiger partial charge is 0.352 e. The molecule has 1 atom stereocenters. The third-order valence-corrected chi connectivity index (χ3v) is 4.82. The number of rotatable bonds is 10. The van der Waals surface area contributed by atoms with Crippen LogP contribution in [0.4, 0.5) is 4.79 Å². The molecule has 0 aromatic heterocycles. The van der Waals surface area contributed by atoms with E-state index in [0.29, 0.717) is 18.7 Å². The van der Waals surface area contributed by atoms with Gasteiger partial charge in [-0.05, 0) is 42.8 Å². The molecule has 0 heterocycles. The lowest BCUT2D eigenvalue weighted by atomic mass is 10.0. The number of primary amides is 1. The van der Waals surface area contributed by atoms with Gasteiger partial charge in [-0.2, -0.15) is 0 Å². The van der Waals surface area contributed by atoms with E-state index in [9.17, 15) is 9.59 Å². The highest BCUT2D eigenvalue weighted by Gasteiger charge is 2.17. The first-order valence-electron chi connectivity index (χ1n) is 9.71. The van der Waals surface area contributed by atoms with Gasteiger partial charge < -0.3 is 16.4 Å². The average molecular weight is 383 g/mol. The number of likely N-dealkylation sites (N-methyl/N-ethyl adjacent to an activating group) is 1. The maximum absolute atomic E-state index is 12.6. The van der Waals surface area contributed by atoms with Crippen LogP contribution >= 0.6 is 0 Å². The maximum Gasteiger partial charge on any atom is 0.312 e. The quantitative estimate of drug-likeness (QED) is 0.590. The van der Waals surface area contributed by atoms with E-state index in [0.717, 1.165) is 25.1 Å². The van der Waals surface area contributed by atoms with E-state index in [1.54, 1.807) is 12.1 Å². The molecular formula is C22H30N4O2. The summed E-state index contributed by atoms with van der Waals surface area (Å²) in [5.74, 6) is -0.0976. The summed E-state index contributed by atoms with van der Waals surface area (Å²) in [6, 6.07) is 17.2. The third-order valence-electron chi connectivity index (χ3n) is 4.82. The lowest BCUT2D eigenvalue weighted by Gasteiger charge is -2.30. The first-order chi connectivity index (χ1) is 13.5. The van der Waals surface area contributed by atoms with Gasteiger partial charge in [-0.3, -0.25) is 9.69 Å². The minimum Gasteiger partial charge on any atom is -0.352 e. The molecule has 0 aliphatic heterocycles. The number of nitrogens with zero attached hydrogens (tertiary/aromatic N) is 1. The highest BCUT2D eigenvalue weighted by molar-refractivity contribution is 5.94. The van der Waals surface area contributed by atoms with Gasteiger partial charge in [-0.25, -0.2) is 4.79 Å². The third kappa shape index (κ3) is 6.70. The van der Waals surface area contributed by atoms with Crippen LogP contribution in [0.2, 0.25) is 0 Å². The van der Waals surface area contributed by atoms with E-state index in [1.807, 2.05) is 30.3 Å². The molecule has 0 saturated heterocycles. The summed E-state index contributed by atoms with van der Waals surface area (Å²) in [5, 5.41) is 5.60. The number of carbonyl (C=O) groups is 2. The smallest absolute Gasteiger partial charge is 0.312 e. The Bertz CT molecular complexity index is 743. The first kappa shape index (κ1) is 21.4. The molecule has 2 aromatic rings. The molecule has 4 N–H and O–H groups in total. The lowest BCUT2D eigenvalue weighted by Crippen LogP contribution is -2.45. The standard InChI is InChI=1S/C22H30N4O2/c1-3-26(4-2)20(14-17-8-6-5-7-9-17)16-24-21(27)19-12-10-18(11-13-19)15-25-22(23)28/h5-13,20H,3-4,14-16H2,1-2H3,(H,24,27)(H3,23,25,28)/t20-/m1/s1. The summed E-state index contributed by atoms with van der Waals surface area (Å²) in [7, 11) is 0. The van der Waals surface area contributed by atoms with Crippen molar-refractivity contribution in [2.24, 2.45) is 5.73 Å². The van der Waals surface area contributed by atoms with Gasteiger partial charge >= 0.3 is 6.03 Å². The molecule has 2 rings (SSSR count). The second-order valence-electron chi connectivity index (χ2n) is 6.69. The number of urea groups is 1. The van der Waals surface area contributed by atoms with Crippen molar-refractivity contribution in [2.75, 3.05) is 19.6 Å². The number of carbonyl (C=O) groups excluding carboxylic acids is 2. The maximum atomic E-state index is 12.6. The fraction of sp³-hybridized carbons (Fsp3) is 0.364. The molecule has 0 aliphatic carbocycles. The Kier molecular flexibility index (Phi) is 8.49. The molecule has 0 spiro atoms. The molecule has 6 heteroatoms. The molecule has 28 heavy (non-hydrogen) atoms. The van der Waals surface area contributed by atoms with Crippen LogP contribution in [-0.2, 0) is 13.0 Å². The summed E-state index contributed by atoms with van der Waals surface area (Å²) in [5.41, 5.74) is 7.82. The summed E-state index contributed by atoms with van der Waals surface area (Å²) < 4.78 is 0. The van der Waals surface area contributed by atoms with Gasteiger partial charge in [0.1, 0.15) is 0 Å². The van der Waals surface area contributed by atoms with Gasteiger partial charge in [0.25, 0.3) is 5.91 Å². The van der Waals surface area contributed by atoms with E-state index in [1.165, 1.54) is 5.56 Å². The minimum absolute atomic E-state index is 0.0976. The average Bonchev–Trinajstić information content (AvgIpc) is 2.72. The zero-order valence-electron chi connectivity index (χ0n) is 16.7. The molecule has 3 amide bonds. The van der Waals surface area contributed by atoms with Gasteiger partial charge in [0.2, 0.25) is 0 Å². The van der Waals surface area contributed by atoms with Crippen LogP contribution in [-0.4, -0.2) is 42.5 Å². The van der Waals surface area contributed by atoms with Crippen LogP contribution in [0.3, 0.4) is 0 Å². The molecule has 0 fully saturated rings. The van der Waals surface area contributed by atoms with Crippen LogP contribution in [0.25, 0.3) is 0 Å². The SMILES string of the molecule is CCN(CC)[C@@H](CNC(=O)c1ccc(CNC(N)=O)cc1)Cc1ccccc1. The highest BCUT2D eigenvalue weighted by atomic mass is 16.2. The fourth-order valence-corrected chi connectivity index (χ4v) is 3.23. The Hall–Kier alpha value is -2.86. The number of benzene rings is 2. The molecule has 0 bridgehead atoms. The van der Waals surface area contributed by atoms with Gasteiger partial charge in [0.15, 0.2) is 0 Å². The summed E-state index contributed by atoms with van der Waals surface area (Å²) >= 11 is 0.